The number of carbonyl (C=O) groups is 6. The van der Waals surface area contributed by atoms with Gasteiger partial charge in [-0.15, -0.1) is 22.7 Å². The van der Waals surface area contributed by atoms with Crippen molar-refractivity contribution >= 4 is 139 Å². The summed E-state index contributed by atoms with van der Waals surface area (Å²) in [5.41, 5.74) is -3.06. The minimum atomic E-state index is -3.02. The minimum Gasteiger partial charge on any atom is -0.459 e. The van der Waals surface area contributed by atoms with Crippen LogP contribution in [0.4, 0.5) is 0 Å². The molecule has 2 heterocycles. The van der Waals surface area contributed by atoms with E-state index in [4.69, 9.17) is 77.3 Å². The van der Waals surface area contributed by atoms with Crippen molar-refractivity contribution in [3.05, 3.63) is 353 Å². The van der Waals surface area contributed by atoms with Gasteiger partial charge in [-0.3, -0.25) is 28.8 Å². The number of hydrogen-bond acceptors (Lipinski definition) is 18. The Labute approximate surface area is 609 Å². The number of allylic oxidation sites excluding steroid dienone is 4. The molecule has 0 spiro atoms. The van der Waals surface area contributed by atoms with Crippen LogP contribution in [0.15, 0.2) is 265 Å². The fraction of sp³-hybridized carbons (Fsp3) is 0.108. The Hall–Kier alpha value is -10.7. The molecule has 0 radical (unpaired) electrons. The number of hydrogen-bond donors (Lipinski definition) is 0. The molecule has 0 aliphatic heterocycles. The van der Waals surface area contributed by atoms with E-state index in [0.717, 1.165) is 22.7 Å². The van der Waals surface area contributed by atoms with E-state index in [1.807, 2.05) is 48.5 Å². The van der Waals surface area contributed by atoms with Crippen LogP contribution in [0.25, 0.3) is 21.9 Å². The molecule has 8 aromatic carbocycles. The normalized spacial score (nSPS) is 15.0. The quantitative estimate of drug-likeness (QED) is 0.0233. The molecule has 0 N–H and O–H groups in total. The molecule has 101 heavy (non-hydrogen) atoms. The van der Waals surface area contributed by atoms with E-state index < -0.39 is 65.3 Å². The number of ether oxygens (including phenoxy) is 6. The average Bonchev–Trinajstić information content (AvgIpc) is 1.48. The van der Waals surface area contributed by atoms with Gasteiger partial charge in [-0.25, -0.2) is 0 Å². The van der Waals surface area contributed by atoms with Crippen molar-refractivity contribution in [3.8, 4) is 9.75 Å². The molecule has 0 unspecified atom stereocenters. The van der Waals surface area contributed by atoms with Crippen molar-refractivity contribution in [2.75, 3.05) is 0 Å². The zero-order valence-electron chi connectivity index (χ0n) is 53.3. The standard InChI is InChI=1S/C83H54O12S6/c84-75(90-43-49-23-7-1-8-24-49)81(76(85)91-44-50-25-9-2-10-26-50)55(39-61-69(96)57-35-19-20-36-58(57)70(61)97)41-63-65(81)67-73(100-63)74-68(83(67,79(88)94-47-53-31-15-5-16-32-53)80(89)95-48-54-33-17-6-18-34-54)66-64(101-74)42-56(40-62-71(98)59-37-21-22-38-60(59)72(62)99)82(66,77(86)92-45-51-27-11-3-12-28-51)78(87)93-46-52-29-13-4-14-30-52/h1-42H,43-48H2. The van der Waals surface area contributed by atoms with Crippen molar-refractivity contribution in [1.82, 2.24) is 0 Å². The first-order valence-electron chi connectivity index (χ1n) is 32.1. The number of fused-ring (bicyclic) bond motifs is 9. The van der Waals surface area contributed by atoms with Crippen molar-refractivity contribution in [2.45, 2.75) is 55.9 Å². The average molecular weight is 1440 g/mol. The molecule has 5 aliphatic carbocycles. The second-order valence-corrected chi connectivity index (χ2v) is 28.2. The maximum absolute atomic E-state index is 17.3. The first kappa shape index (κ1) is 66.2. The summed E-state index contributed by atoms with van der Waals surface area (Å²) in [6.07, 6.45) is 6.43. The Bertz CT molecular complexity index is 4750. The highest BCUT2D eigenvalue weighted by atomic mass is 32.1. The van der Waals surface area contributed by atoms with Crippen molar-refractivity contribution in [2.24, 2.45) is 0 Å². The van der Waals surface area contributed by atoms with Crippen LogP contribution in [-0.4, -0.2) is 55.3 Å². The zero-order chi connectivity index (χ0) is 69.6. The molecular weight excluding hydrogens is 1380 g/mol. The van der Waals surface area contributed by atoms with Gasteiger partial charge in [0.1, 0.15) is 39.6 Å². The molecule has 0 amide bonds. The second kappa shape index (κ2) is 27.4. The lowest BCUT2D eigenvalue weighted by Crippen LogP contribution is -2.53. The van der Waals surface area contributed by atoms with Crippen LogP contribution >= 0.6 is 71.5 Å². The summed E-state index contributed by atoms with van der Waals surface area (Å²) in [6.45, 7) is -2.37. The van der Waals surface area contributed by atoms with E-state index in [2.05, 4.69) is 0 Å². The molecular formula is C83H54O12S6. The largest absolute Gasteiger partial charge is 0.459 e. The van der Waals surface area contributed by atoms with Crippen LogP contribution < -0.4 is 0 Å². The van der Waals surface area contributed by atoms with Gasteiger partial charge in [0.2, 0.25) is 16.2 Å². The van der Waals surface area contributed by atoms with E-state index in [9.17, 15) is 0 Å². The SMILES string of the molecule is O=C(OCc1ccccc1)C1(C(=O)OCc2ccccc2)C(C=C2C(=S)c3ccccc3C2=S)=Cc2sc3c(c21)C(C(=O)OCc1ccccc1)(C(=O)OCc1ccccc1)c1c-3sc2c1C(C(=O)OCc1ccccc1)(C(=O)OCc1ccccc1)C(C=C1C(=S)c3ccccc3C1=S)=C2. The molecule has 0 saturated carbocycles. The monoisotopic (exact) mass is 1430 g/mol. The number of thiophene rings is 2. The van der Waals surface area contributed by atoms with Gasteiger partial charge in [-0.05, 0) is 68.8 Å². The van der Waals surface area contributed by atoms with Crippen LogP contribution in [0.2, 0.25) is 0 Å². The molecule has 10 aromatic rings. The van der Waals surface area contributed by atoms with Gasteiger partial charge in [0.25, 0.3) is 0 Å². The van der Waals surface area contributed by atoms with Crippen LogP contribution in [-0.2, 0) is 113 Å². The van der Waals surface area contributed by atoms with Crippen molar-refractivity contribution in [1.29, 1.82) is 0 Å². The Morgan fingerprint density at radius 3 is 0.723 bits per heavy atom. The molecule has 15 rings (SSSR count). The lowest BCUT2D eigenvalue weighted by Gasteiger charge is -2.35. The summed E-state index contributed by atoms with van der Waals surface area (Å²) in [7, 11) is 0. The van der Waals surface area contributed by atoms with Crippen molar-refractivity contribution in [3.63, 3.8) is 0 Å². The maximum Gasteiger partial charge on any atom is 0.333 e. The van der Waals surface area contributed by atoms with E-state index in [1.54, 1.807) is 206 Å². The van der Waals surface area contributed by atoms with E-state index in [0.29, 0.717) is 86.2 Å². The summed E-state index contributed by atoms with van der Waals surface area (Å²) in [6, 6.07) is 67.6. The highest BCUT2D eigenvalue weighted by Gasteiger charge is 2.72. The number of rotatable bonds is 20. The molecule has 0 atom stereocenters. The van der Waals surface area contributed by atoms with E-state index >= 15 is 28.8 Å². The molecule has 494 valence electrons. The number of thiocarbonyl (C=S) groups is 4. The summed E-state index contributed by atoms with van der Waals surface area (Å²) < 4.78 is 39.3. The van der Waals surface area contributed by atoms with E-state index in [1.165, 1.54) is 0 Å². The first-order valence-corrected chi connectivity index (χ1v) is 35.4. The van der Waals surface area contributed by atoms with Gasteiger partial charge in [0, 0.05) is 65.4 Å². The summed E-state index contributed by atoms with van der Waals surface area (Å²) in [4.78, 5) is 104. The molecule has 0 saturated heterocycles. The molecule has 0 fully saturated rings. The Morgan fingerprint density at radius 2 is 0.495 bits per heavy atom. The van der Waals surface area contributed by atoms with Crippen LogP contribution in [0, 0.1) is 0 Å². The second-order valence-electron chi connectivity index (χ2n) is 24.4. The van der Waals surface area contributed by atoms with Crippen LogP contribution in [0.3, 0.4) is 0 Å². The summed E-state index contributed by atoms with van der Waals surface area (Å²) in [5.74, 6) is -7.20. The highest BCUT2D eigenvalue weighted by molar-refractivity contribution is 7.84. The third-order valence-corrected chi connectivity index (χ3v) is 22.7. The van der Waals surface area contributed by atoms with Gasteiger partial charge >= 0.3 is 35.8 Å². The van der Waals surface area contributed by atoms with Gasteiger partial charge < -0.3 is 28.4 Å². The van der Waals surface area contributed by atoms with Gasteiger partial charge in [0.05, 0.1) is 29.2 Å². The smallest absolute Gasteiger partial charge is 0.333 e. The van der Waals surface area contributed by atoms with Gasteiger partial charge in [-0.2, -0.15) is 0 Å². The first-order chi connectivity index (χ1) is 49.2. The molecule has 12 nitrogen and oxygen atoms in total. The molecule has 2 aromatic heterocycles. The maximum atomic E-state index is 17.3. The lowest BCUT2D eigenvalue weighted by molar-refractivity contribution is -0.168. The van der Waals surface area contributed by atoms with Crippen molar-refractivity contribution < 1.29 is 57.2 Å². The fourth-order valence-electron chi connectivity index (χ4n) is 13.7. The topological polar surface area (TPSA) is 158 Å². The predicted molar refractivity (Wildman–Crippen MR) is 401 cm³/mol. The third kappa shape index (κ3) is 11.3. The minimum absolute atomic E-state index is 0.0294. The van der Waals surface area contributed by atoms with Gasteiger partial charge in [0.15, 0.2) is 0 Å². The number of benzene rings is 8. The summed E-state index contributed by atoms with van der Waals surface area (Å²) in [5, 5.41) is 0. The predicted octanol–water partition coefficient (Wildman–Crippen LogP) is 16.0. The zero-order valence-corrected chi connectivity index (χ0v) is 58.2. The van der Waals surface area contributed by atoms with E-state index in [-0.39, 0.29) is 79.3 Å². The molecule has 5 aliphatic rings. The lowest BCUT2D eigenvalue weighted by atomic mass is 9.66. The molecule has 18 heteroatoms. The Kier molecular flexibility index (Phi) is 18.0. The number of esters is 6. The van der Waals surface area contributed by atoms with Gasteiger partial charge in [-0.1, -0.05) is 279 Å². The van der Waals surface area contributed by atoms with Crippen LogP contribution in [0.1, 0.15) is 87.6 Å². The Balaban J connectivity index is 1.04. The Morgan fingerprint density at radius 1 is 0.287 bits per heavy atom. The molecule has 0 bridgehead atoms. The van der Waals surface area contributed by atoms with Crippen LogP contribution in [0.5, 0.6) is 0 Å². The summed E-state index contributed by atoms with van der Waals surface area (Å²) >= 11 is 27.0. The highest BCUT2D eigenvalue weighted by Crippen LogP contribution is 2.68. The number of carbonyl (C=O) groups excluding carboxylic acids is 6. The fourth-order valence-corrected chi connectivity index (χ4v) is 18.1. The third-order valence-electron chi connectivity index (χ3n) is 18.5.